The summed E-state index contributed by atoms with van der Waals surface area (Å²) in [5, 5.41) is 3.67. The van der Waals surface area contributed by atoms with Gasteiger partial charge in [-0.15, -0.1) is 0 Å². The van der Waals surface area contributed by atoms with E-state index in [-0.39, 0.29) is 0 Å². The maximum Gasteiger partial charge on any atom is 0.0826 e. The summed E-state index contributed by atoms with van der Waals surface area (Å²) in [7, 11) is 2.17. The van der Waals surface area contributed by atoms with Gasteiger partial charge in [-0.05, 0) is 25.8 Å². The number of morpholine rings is 1. The van der Waals surface area contributed by atoms with E-state index in [0.717, 1.165) is 38.2 Å². The van der Waals surface area contributed by atoms with Crippen molar-refractivity contribution in [2.24, 2.45) is 5.92 Å². The van der Waals surface area contributed by atoms with Crippen LogP contribution in [0.3, 0.4) is 0 Å². The van der Waals surface area contributed by atoms with Crippen molar-refractivity contribution >= 4 is 0 Å². The quantitative estimate of drug-likeness (QED) is 0.758. The van der Waals surface area contributed by atoms with Gasteiger partial charge in [0.05, 0.1) is 12.7 Å². The van der Waals surface area contributed by atoms with E-state index in [1.54, 1.807) is 0 Å². The number of nitrogens with zero attached hydrogens (tertiary/aromatic N) is 1. The fourth-order valence-electron chi connectivity index (χ4n) is 2.72. The molecule has 2 aliphatic rings. The summed E-state index contributed by atoms with van der Waals surface area (Å²) < 4.78 is 5.74. The molecule has 3 atom stereocenters. The van der Waals surface area contributed by atoms with E-state index in [2.05, 4.69) is 24.2 Å². The van der Waals surface area contributed by atoms with Crippen LogP contribution in [0.4, 0.5) is 0 Å². The van der Waals surface area contributed by atoms with Gasteiger partial charge in [0, 0.05) is 25.7 Å². The van der Waals surface area contributed by atoms with E-state index >= 15 is 0 Å². The molecule has 0 radical (unpaired) electrons. The van der Waals surface area contributed by atoms with Gasteiger partial charge in [0.15, 0.2) is 0 Å². The molecule has 1 aliphatic carbocycles. The van der Waals surface area contributed by atoms with E-state index in [1.165, 1.54) is 19.3 Å². The summed E-state index contributed by atoms with van der Waals surface area (Å²) in [5.41, 5.74) is 0. The average molecular weight is 212 g/mol. The normalized spacial score (nSPS) is 38.4. The van der Waals surface area contributed by atoms with Gasteiger partial charge in [0.2, 0.25) is 0 Å². The lowest BCUT2D eigenvalue weighted by atomic mass is 10.1. The van der Waals surface area contributed by atoms with Crippen molar-refractivity contribution in [2.75, 3.05) is 33.3 Å². The minimum Gasteiger partial charge on any atom is -0.374 e. The summed E-state index contributed by atoms with van der Waals surface area (Å²) in [6.07, 6.45) is 4.54. The third-order valence-electron chi connectivity index (χ3n) is 3.81. The third kappa shape index (κ3) is 3.16. The highest BCUT2D eigenvalue weighted by Crippen LogP contribution is 2.24. The summed E-state index contributed by atoms with van der Waals surface area (Å²) in [4.78, 5) is 2.36. The van der Waals surface area contributed by atoms with Crippen molar-refractivity contribution in [3.8, 4) is 0 Å². The Morgan fingerprint density at radius 1 is 1.40 bits per heavy atom. The van der Waals surface area contributed by atoms with Crippen LogP contribution in [0, 0.1) is 5.92 Å². The molecule has 2 fully saturated rings. The molecule has 3 heteroatoms. The smallest absolute Gasteiger partial charge is 0.0826 e. The monoisotopic (exact) mass is 212 g/mol. The van der Waals surface area contributed by atoms with Gasteiger partial charge in [-0.1, -0.05) is 13.3 Å². The van der Waals surface area contributed by atoms with Crippen molar-refractivity contribution in [2.45, 2.75) is 38.3 Å². The maximum absolute atomic E-state index is 5.74. The first-order valence-electron chi connectivity index (χ1n) is 6.29. The maximum atomic E-state index is 5.74. The lowest BCUT2D eigenvalue weighted by Gasteiger charge is -2.31. The molecule has 0 amide bonds. The molecular weight excluding hydrogens is 188 g/mol. The molecule has 1 N–H and O–H groups in total. The lowest BCUT2D eigenvalue weighted by molar-refractivity contribution is -0.0196. The average Bonchev–Trinajstić information content (AvgIpc) is 2.61. The molecule has 1 heterocycles. The van der Waals surface area contributed by atoms with Crippen molar-refractivity contribution < 1.29 is 4.74 Å². The van der Waals surface area contributed by atoms with Crippen LogP contribution in [0.5, 0.6) is 0 Å². The second kappa shape index (κ2) is 5.28. The predicted molar refractivity (Wildman–Crippen MR) is 62.0 cm³/mol. The second-order valence-electron chi connectivity index (χ2n) is 5.18. The molecule has 88 valence electrons. The van der Waals surface area contributed by atoms with Crippen LogP contribution in [0.2, 0.25) is 0 Å². The summed E-state index contributed by atoms with van der Waals surface area (Å²) in [6.45, 7) is 6.44. The van der Waals surface area contributed by atoms with Crippen LogP contribution in [0.1, 0.15) is 26.2 Å². The van der Waals surface area contributed by atoms with E-state index in [9.17, 15) is 0 Å². The zero-order chi connectivity index (χ0) is 10.7. The number of hydrogen-bond acceptors (Lipinski definition) is 3. The number of hydrogen-bond donors (Lipinski definition) is 1. The first-order valence-corrected chi connectivity index (χ1v) is 6.29. The minimum atomic E-state index is 0.400. The Kier molecular flexibility index (Phi) is 4.00. The molecule has 2 rings (SSSR count). The van der Waals surface area contributed by atoms with Gasteiger partial charge in [-0.3, -0.25) is 0 Å². The first kappa shape index (κ1) is 11.4. The molecule has 1 saturated carbocycles. The second-order valence-corrected chi connectivity index (χ2v) is 5.18. The van der Waals surface area contributed by atoms with E-state index in [1.807, 2.05) is 0 Å². The predicted octanol–water partition coefficient (Wildman–Crippen LogP) is 1.10. The van der Waals surface area contributed by atoms with Crippen molar-refractivity contribution in [1.82, 2.24) is 10.2 Å². The molecule has 0 aromatic heterocycles. The molecule has 0 aromatic carbocycles. The van der Waals surface area contributed by atoms with Crippen molar-refractivity contribution in [3.05, 3.63) is 0 Å². The van der Waals surface area contributed by atoms with Crippen LogP contribution < -0.4 is 5.32 Å². The van der Waals surface area contributed by atoms with E-state index in [4.69, 9.17) is 4.74 Å². The fourth-order valence-corrected chi connectivity index (χ4v) is 2.72. The largest absolute Gasteiger partial charge is 0.374 e. The molecule has 1 aliphatic heterocycles. The highest BCUT2D eigenvalue weighted by Gasteiger charge is 2.24. The molecule has 0 aromatic rings. The van der Waals surface area contributed by atoms with E-state index < -0.39 is 0 Å². The molecule has 1 saturated heterocycles. The number of nitrogens with one attached hydrogen (secondary N) is 1. The molecule has 0 unspecified atom stereocenters. The Hall–Kier alpha value is -0.120. The molecule has 3 nitrogen and oxygen atoms in total. The molecule has 0 spiro atoms. The van der Waals surface area contributed by atoms with Crippen molar-refractivity contribution in [1.29, 1.82) is 0 Å². The summed E-state index contributed by atoms with van der Waals surface area (Å²) in [5.74, 6) is 0.853. The summed E-state index contributed by atoms with van der Waals surface area (Å²) >= 11 is 0. The van der Waals surface area contributed by atoms with Gasteiger partial charge in [0.25, 0.3) is 0 Å². The van der Waals surface area contributed by atoms with Gasteiger partial charge in [0.1, 0.15) is 0 Å². The zero-order valence-electron chi connectivity index (χ0n) is 10.0. The first-order chi connectivity index (χ1) is 7.25. The third-order valence-corrected chi connectivity index (χ3v) is 3.81. The fraction of sp³-hybridized carbons (Fsp3) is 1.00. The summed E-state index contributed by atoms with van der Waals surface area (Å²) in [6, 6.07) is 0.737. The topological polar surface area (TPSA) is 24.5 Å². The number of likely N-dealkylation sites (N-methyl/N-ethyl adjacent to an activating group) is 1. The standard InChI is InChI=1S/C12H24N2O/c1-10-4-3-5-12(10)13-8-11-9-14(2)6-7-15-11/h10-13H,3-9H2,1-2H3/t10-,11+,12-/m0/s1. The minimum absolute atomic E-state index is 0.400. The Morgan fingerprint density at radius 3 is 2.93 bits per heavy atom. The van der Waals surface area contributed by atoms with Crippen LogP contribution in [-0.2, 0) is 4.74 Å². The molecule has 0 bridgehead atoms. The lowest BCUT2D eigenvalue weighted by Crippen LogP contribution is -2.47. The van der Waals surface area contributed by atoms with Gasteiger partial charge in [-0.25, -0.2) is 0 Å². The van der Waals surface area contributed by atoms with Crippen LogP contribution in [0.25, 0.3) is 0 Å². The van der Waals surface area contributed by atoms with Gasteiger partial charge in [-0.2, -0.15) is 0 Å². The van der Waals surface area contributed by atoms with Crippen molar-refractivity contribution in [3.63, 3.8) is 0 Å². The Bertz CT molecular complexity index is 198. The van der Waals surface area contributed by atoms with E-state index in [0.29, 0.717) is 6.10 Å². The van der Waals surface area contributed by atoms with Crippen LogP contribution in [-0.4, -0.2) is 50.3 Å². The number of rotatable bonds is 3. The van der Waals surface area contributed by atoms with Crippen LogP contribution >= 0.6 is 0 Å². The number of ether oxygens (including phenoxy) is 1. The Balaban J connectivity index is 1.68. The van der Waals surface area contributed by atoms with Gasteiger partial charge >= 0.3 is 0 Å². The Morgan fingerprint density at radius 2 is 2.27 bits per heavy atom. The zero-order valence-corrected chi connectivity index (χ0v) is 10.0. The SMILES string of the molecule is C[C@H]1CCC[C@@H]1NC[C@@H]1CN(C)CCO1. The molecular formula is C12H24N2O. The highest BCUT2D eigenvalue weighted by molar-refractivity contribution is 4.82. The van der Waals surface area contributed by atoms with Crippen LogP contribution in [0.15, 0.2) is 0 Å². The molecule has 15 heavy (non-hydrogen) atoms. The Labute approximate surface area is 93.2 Å². The van der Waals surface area contributed by atoms with Gasteiger partial charge < -0.3 is 15.0 Å². The highest BCUT2D eigenvalue weighted by atomic mass is 16.5.